The Balaban J connectivity index is 2.21. The van der Waals surface area contributed by atoms with E-state index in [4.69, 9.17) is 9.84 Å². The van der Waals surface area contributed by atoms with E-state index in [0.717, 1.165) is 23.1 Å². The molecule has 2 amide bonds. The van der Waals surface area contributed by atoms with Gasteiger partial charge in [-0.3, -0.25) is 14.5 Å². The van der Waals surface area contributed by atoms with Crippen LogP contribution in [0.5, 0.6) is 0 Å². The van der Waals surface area contributed by atoms with Gasteiger partial charge in [0.15, 0.2) is 0 Å². The monoisotopic (exact) mass is 322 g/mol. The van der Waals surface area contributed by atoms with E-state index in [2.05, 4.69) is 5.32 Å². The average Bonchev–Trinajstić information content (AvgIpc) is 2.75. The topological polar surface area (TPSA) is 95.9 Å². The lowest BCUT2D eigenvalue weighted by Gasteiger charge is -2.13. The Kier molecular flexibility index (Phi) is 5.07. The van der Waals surface area contributed by atoms with Crippen molar-refractivity contribution in [2.75, 3.05) is 25.1 Å². The fraction of sp³-hybridized carbons (Fsp3) is 0.267. The molecule has 8 heteroatoms. The number of anilines is 1. The number of amides is 2. The van der Waals surface area contributed by atoms with Gasteiger partial charge in [-0.2, -0.15) is 0 Å². The fourth-order valence-electron chi connectivity index (χ4n) is 2.06. The van der Waals surface area contributed by atoms with Crippen molar-refractivity contribution in [3.05, 3.63) is 41.4 Å². The Morgan fingerprint density at radius 2 is 2.09 bits per heavy atom. The van der Waals surface area contributed by atoms with E-state index in [0.29, 0.717) is 0 Å². The van der Waals surface area contributed by atoms with E-state index in [1.807, 2.05) is 0 Å². The molecule has 1 aromatic carbocycles. The van der Waals surface area contributed by atoms with Gasteiger partial charge in [0.2, 0.25) is 0 Å². The van der Waals surface area contributed by atoms with Gasteiger partial charge >= 0.3 is 5.97 Å². The van der Waals surface area contributed by atoms with Crippen LogP contribution in [0.25, 0.3) is 0 Å². The Labute approximate surface area is 131 Å². The van der Waals surface area contributed by atoms with Crippen LogP contribution in [0.1, 0.15) is 17.3 Å². The number of ether oxygens (including phenoxy) is 1. The maximum absolute atomic E-state index is 13.6. The van der Waals surface area contributed by atoms with Gasteiger partial charge in [0, 0.05) is 11.8 Å². The zero-order valence-electron chi connectivity index (χ0n) is 12.3. The van der Waals surface area contributed by atoms with Crippen molar-refractivity contribution in [2.24, 2.45) is 0 Å². The van der Waals surface area contributed by atoms with Crippen molar-refractivity contribution in [1.82, 2.24) is 4.90 Å². The first-order valence-electron chi connectivity index (χ1n) is 6.89. The largest absolute Gasteiger partial charge is 0.462 e. The highest BCUT2D eigenvalue weighted by molar-refractivity contribution is 6.17. The SMILES string of the molecule is CCOC(=O)c1cc(F)cc(NC2=CC(=O)N(CCO)C2=O)c1. The first kappa shape index (κ1) is 16.6. The third-order valence-electron chi connectivity index (χ3n) is 3.02. The van der Waals surface area contributed by atoms with Gasteiger partial charge in [0.1, 0.15) is 11.5 Å². The molecule has 2 rings (SSSR count). The Morgan fingerprint density at radius 3 is 2.74 bits per heavy atom. The maximum Gasteiger partial charge on any atom is 0.338 e. The molecule has 0 spiro atoms. The number of β-amino-alcohol motifs (C(OH)–C–C–N with tert-alkyl or cyclic N) is 1. The number of esters is 1. The first-order valence-corrected chi connectivity index (χ1v) is 6.89. The molecule has 0 aromatic heterocycles. The third kappa shape index (κ3) is 3.72. The van der Waals surface area contributed by atoms with Gasteiger partial charge in [-0.25, -0.2) is 9.18 Å². The number of hydrogen-bond acceptors (Lipinski definition) is 6. The Hall–Kier alpha value is -2.74. The summed E-state index contributed by atoms with van der Waals surface area (Å²) in [7, 11) is 0. The van der Waals surface area contributed by atoms with Gasteiger partial charge < -0.3 is 15.2 Å². The summed E-state index contributed by atoms with van der Waals surface area (Å²) in [6.45, 7) is 1.29. The Bertz CT molecular complexity index is 686. The second kappa shape index (κ2) is 7.01. The minimum Gasteiger partial charge on any atom is -0.462 e. The number of nitrogens with one attached hydrogen (secondary N) is 1. The highest BCUT2D eigenvalue weighted by Gasteiger charge is 2.30. The number of hydrogen-bond donors (Lipinski definition) is 2. The summed E-state index contributed by atoms with van der Waals surface area (Å²) in [5.74, 6) is -2.60. The number of aliphatic hydroxyl groups is 1. The molecule has 1 heterocycles. The van der Waals surface area contributed by atoms with Crippen molar-refractivity contribution in [3.63, 3.8) is 0 Å². The highest BCUT2D eigenvalue weighted by Crippen LogP contribution is 2.20. The van der Waals surface area contributed by atoms with E-state index in [1.54, 1.807) is 6.92 Å². The van der Waals surface area contributed by atoms with Gasteiger partial charge in [-0.05, 0) is 25.1 Å². The van der Waals surface area contributed by atoms with Crippen molar-refractivity contribution < 1.29 is 28.6 Å². The van der Waals surface area contributed by atoms with Crippen LogP contribution in [0, 0.1) is 5.82 Å². The molecule has 0 atom stereocenters. The normalized spacial score (nSPS) is 14.0. The molecule has 7 nitrogen and oxygen atoms in total. The molecule has 0 fully saturated rings. The molecule has 0 saturated heterocycles. The van der Waals surface area contributed by atoms with Crippen LogP contribution in [0.3, 0.4) is 0 Å². The lowest BCUT2D eigenvalue weighted by Crippen LogP contribution is -2.34. The van der Waals surface area contributed by atoms with Crippen molar-refractivity contribution in [2.45, 2.75) is 6.92 Å². The number of nitrogens with zero attached hydrogens (tertiary/aromatic N) is 1. The second-order valence-corrected chi connectivity index (χ2v) is 4.65. The molecule has 0 saturated carbocycles. The number of imide groups is 1. The van der Waals surface area contributed by atoms with Gasteiger partial charge in [-0.15, -0.1) is 0 Å². The van der Waals surface area contributed by atoms with Gasteiger partial charge in [0.25, 0.3) is 11.8 Å². The van der Waals surface area contributed by atoms with Crippen LogP contribution >= 0.6 is 0 Å². The van der Waals surface area contributed by atoms with Crippen molar-refractivity contribution in [3.8, 4) is 0 Å². The number of halogens is 1. The van der Waals surface area contributed by atoms with Gasteiger partial charge in [0.05, 0.1) is 25.3 Å². The van der Waals surface area contributed by atoms with E-state index in [-0.39, 0.29) is 36.7 Å². The van der Waals surface area contributed by atoms with Crippen LogP contribution in [-0.2, 0) is 14.3 Å². The minimum absolute atomic E-state index is 0.0149. The van der Waals surface area contributed by atoms with Crippen LogP contribution < -0.4 is 5.32 Å². The summed E-state index contributed by atoms with van der Waals surface area (Å²) in [5.41, 5.74) is 0.0501. The molecular weight excluding hydrogens is 307 g/mol. The summed E-state index contributed by atoms with van der Waals surface area (Å²) in [6.07, 6.45) is 1.05. The third-order valence-corrected chi connectivity index (χ3v) is 3.02. The molecule has 1 aliphatic heterocycles. The molecule has 0 bridgehead atoms. The average molecular weight is 322 g/mol. The van der Waals surface area contributed by atoms with Crippen molar-refractivity contribution >= 4 is 23.5 Å². The molecule has 0 radical (unpaired) electrons. The summed E-state index contributed by atoms with van der Waals surface area (Å²) < 4.78 is 18.4. The van der Waals surface area contributed by atoms with E-state index in [9.17, 15) is 18.8 Å². The first-order chi connectivity index (χ1) is 11.0. The standard InChI is InChI=1S/C15H15FN2O5/c1-2-23-15(22)9-5-10(16)7-11(6-9)17-12-8-13(20)18(3-4-19)14(12)21/h5-8,17,19H,2-4H2,1H3. The molecule has 1 aliphatic rings. The molecular formula is C15H15FN2O5. The summed E-state index contributed by atoms with van der Waals surface area (Å²) >= 11 is 0. The molecule has 0 unspecified atom stereocenters. The number of rotatable bonds is 6. The molecule has 2 N–H and O–H groups in total. The highest BCUT2D eigenvalue weighted by atomic mass is 19.1. The summed E-state index contributed by atoms with van der Waals surface area (Å²) in [5, 5.41) is 11.4. The van der Waals surface area contributed by atoms with E-state index in [1.165, 1.54) is 6.07 Å². The molecule has 122 valence electrons. The molecule has 1 aromatic rings. The predicted octanol–water partition coefficient (Wildman–Crippen LogP) is 0.659. The lowest BCUT2D eigenvalue weighted by atomic mass is 10.2. The van der Waals surface area contributed by atoms with Crippen LogP contribution in [0.2, 0.25) is 0 Å². The van der Waals surface area contributed by atoms with Crippen LogP contribution in [0.15, 0.2) is 30.0 Å². The molecule has 0 aliphatic carbocycles. The zero-order chi connectivity index (χ0) is 17.0. The number of aliphatic hydroxyl groups excluding tert-OH is 1. The summed E-state index contributed by atoms with van der Waals surface area (Å²) in [4.78, 5) is 36.1. The van der Waals surface area contributed by atoms with E-state index >= 15 is 0 Å². The second-order valence-electron chi connectivity index (χ2n) is 4.65. The predicted molar refractivity (Wildman–Crippen MR) is 77.9 cm³/mol. The number of carbonyl (C=O) groups excluding carboxylic acids is 3. The number of benzene rings is 1. The fourth-order valence-corrected chi connectivity index (χ4v) is 2.06. The minimum atomic E-state index is -0.695. The number of carbonyl (C=O) groups is 3. The lowest BCUT2D eigenvalue weighted by molar-refractivity contribution is -0.137. The van der Waals surface area contributed by atoms with Crippen LogP contribution in [0.4, 0.5) is 10.1 Å². The van der Waals surface area contributed by atoms with Crippen molar-refractivity contribution in [1.29, 1.82) is 0 Å². The molecule has 23 heavy (non-hydrogen) atoms. The quantitative estimate of drug-likeness (QED) is 0.590. The zero-order valence-corrected chi connectivity index (χ0v) is 12.3. The van der Waals surface area contributed by atoms with E-state index < -0.39 is 23.6 Å². The maximum atomic E-state index is 13.6. The smallest absolute Gasteiger partial charge is 0.338 e. The Morgan fingerprint density at radius 1 is 1.35 bits per heavy atom. The summed E-state index contributed by atoms with van der Waals surface area (Å²) in [6, 6.07) is 3.40. The van der Waals surface area contributed by atoms with Crippen LogP contribution in [-0.4, -0.2) is 47.5 Å². The van der Waals surface area contributed by atoms with Gasteiger partial charge in [-0.1, -0.05) is 0 Å².